The molecular weight excluding hydrogens is 309 g/mol. The molecule has 0 aliphatic carbocycles. The molecule has 0 aliphatic rings. The van der Waals surface area contributed by atoms with E-state index in [0.717, 1.165) is 4.47 Å². The van der Waals surface area contributed by atoms with Gasteiger partial charge < -0.3 is 5.32 Å². The Morgan fingerprint density at radius 3 is 2.53 bits per heavy atom. The summed E-state index contributed by atoms with van der Waals surface area (Å²) >= 11 is 3.27. The van der Waals surface area contributed by atoms with Crippen LogP contribution in [0.25, 0.3) is 0 Å². The van der Waals surface area contributed by atoms with Gasteiger partial charge in [0.2, 0.25) is 0 Å². The summed E-state index contributed by atoms with van der Waals surface area (Å²) in [6.07, 6.45) is 0. The zero-order valence-corrected chi connectivity index (χ0v) is 11.2. The first-order valence-electron chi connectivity index (χ1n) is 5.31. The number of hydrogen-bond donors (Lipinski definition) is 1. The molecule has 19 heavy (non-hydrogen) atoms. The first-order valence-corrected chi connectivity index (χ1v) is 6.10. The van der Waals surface area contributed by atoms with Gasteiger partial charge in [0.05, 0.1) is 16.9 Å². The van der Waals surface area contributed by atoms with Crippen molar-refractivity contribution < 1.29 is 4.39 Å². The SMILES string of the molecule is N#Cc1cc(Br)ccc1Nc1cccc(F)c1C#N. The van der Waals surface area contributed by atoms with E-state index >= 15 is 0 Å². The Hall–Kier alpha value is -2.37. The van der Waals surface area contributed by atoms with E-state index in [-0.39, 0.29) is 5.56 Å². The zero-order chi connectivity index (χ0) is 13.8. The van der Waals surface area contributed by atoms with Crippen molar-refractivity contribution in [3.63, 3.8) is 0 Å². The Labute approximate surface area is 118 Å². The van der Waals surface area contributed by atoms with Gasteiger partial charge in [-0.15, -0.1) is 0 Å². The van der Waals surface area contributed by atoms with E-state index in [1.54, 1.807) is 30.3 Å². The predicted molar refractivity (Wildman–Crippen MR) is 73.3 cm³/mol. The molecule has 0 bridgehead atoms. The molecule has 1 N–H and O–H groups in total. The second kappa shape index (κ2) is 5.51. The van der Waals surface area contributed by atoms with Gasteiger partial charge in [-0.1, -0.05) is 22.0 Å². The van der Waals surface area contributed by atoms with Crippen molar-refractivity contribution in [2.24, 2.45) is 0 Å². The fourth-order valence-corrected chi connectivity index (χ4v) is 1.97. The smallest absolute Gasteiger partial charge is 0.143 e. The van der Waals surface area contributed by atoms with Crippen LogP contribution in [0.3, 0.4) is 0 Å². The highest BCUT2D eigenvalue weighted by Gasteiger charge is 2.10. The number of hydrogen-bond acceptors (Lipinski definition) is 3. The first kappa shape index (κ1) is 13.1. The Kier molecular flexibility index (Phi) is 3.79. The third-order valence-corrected chi connectivity index (χ3v) is 2.99. The molecular formula is C14H7BrFN3. The van der Waals surface area contributed by atoms with E-state index < -0.39 is 5.82 Å². The van der Waals surface area contributed by atoms with Crippen molar-refractivity contribution in [3.05, 3.63) is 57.8 Å². The van der Waals surface area contributed by atoms with E-state index in [9.17, 15) is 4.39 Å². The molecule has 0 aromatic heterocycles. The molecule has 0 amide bonds. The molecule has 0 saturated carbocycles. The van der Waals surface area contributed by atoms with E-state index in [1.807, 2.05) is 6.07 Å². The summed E-state index contributed by atoms with van der Waals surface area (Å²) in [6.45, 7) is 0. The monoisotopic (exact) mass is 315 g/mol. The third-order valence-electron chi connectivity index (χ3n) is 2.50. The lowest BCUT2D eigenvalue weighted by Crippen LogP contribution is -1.98. The first-order chi connectivity index (χ1) is 9.15. The molecule has 0 heterocycles. The maximum atomic E-state index is 13.5. The van der Waals surface area contributed by atoms with Crippen molar-refractivity contribution in [1.82, 2.24) is 0 Å². The van der Waals surface area contributed by atoms with Crippen molar-refractivity contribution in [3.8, 4) is 12.1 Å². The Balaban J connectivity index is 2.46. The van der Waals surface area contributed by atoms with Crippen LogP contribution < -0.4 is 5.32 Å². The normalized spacial score (nSPS) is 9.47. The number of nitrogens with one attached hydrogen (secondary N) is 1. The highest BCUT2D eigenvalue weighted by Crippen LogP contribution is 2.26. The second-order valence-corrected chi connectivity index (χ2v) is 4.62. The Morgan fingerprint density at radius 2 is 1.84 bits per heavy atom. The number of benzene rings is 2. The van der Waals surface area contributed by atoms with Crippen LogP contribution in [0.2, 0.25) is 0 Å². The molecule has 2 rings (SSSR count). The third kappa shape index (κ3) is 2.73. The topological polar surface area (TPSA) is 59.6 Å². The lowest BCUT2D eigenvalue weighted by atomic mass is 10.1. The van der Waals surface area contributed by atoms with Crippen molar-refractivity contribution in [2.75, 3.05) is 5.32 Å². The van der Waals surface area contributed by atoms with Crippen LogP contribution in [0.15, 0.2) is 40.9 Å². The Bertz CT molecular complexity index is 714. The quantitative estimate of drug-likeness (QED) is 0.908. The minimum atomic E-state index is -0.594. The molecule has 92 valence electrons. The van der Waals surface area contributed by atoms with E-state index in [0.29, 0.717) is 16.9 Å². The minimum Gasteiger partial charge on any atom is -0.353 e. The van der Waals surface area contributed by atoms with Crippen LogP contribution in [0, 0.1) is 28.5 Å². The van der Waals surface area contributed by atoms with Crippen LogP contribution in [0.4, 0.5) is 15.8 Å². The number of rotatable bonds is 2. The predicted octanol–water partition coefficient (Wildman–Crippen LogP) is 4.08. The molecule has 2 aromatic carbocycles. The average Bonchev–Trinajstić information content (AvgIpc) is 2.41. The van der Waals surface area contributed by atoms with Gasteiger partial charge in [0, 0.05) is 4.47 Å². The van der Waals surface area contributed by atoms with Crippen LogP contribution >= 0.6 is 15.9 Å². The molecule has 0 saturated heterocycles. The van der Waals surface area contributed by atoms with E-state index in [1.165, 1.54) is 12.1 Å². The molecule has 5 heteroatoms. The lowest BCUT2D eigenvalue weighted by molar-refractivity contribution is 0.624. The highest BCUT2D eigenvalue weighted by atomic mass is 79.9. The molecule has 0 radical (unpaired) electrons. The largest absolute Gasteiger partial charge is 0.353 e. The average molecular weight is 316 g/mol. The van der Waals surface area contributed by atoms with Gasteiger partial charge in [0.25, 0.3) is 0 Å². The van der Waals surface area contributed by atoms with Gasteiger partial charge in [0.15, 0.2) is 0 Å². The maximum Gasteiger partial charge on any atom is 0.143 e. The number of nitriles is 2. The summed E-state index contributed by atoms with van der Waals surface area (Å²) in [7, 11) is 0. The summed E-state index contributed by atoms with van der Waals surface area (Å²) in [5.74, 6) is -0.594. The molecule has 0 unspecified atom stereocenters. The van der Waals surface area contributed by atoms with Gasteiger partial charge >= 0.3 is 0 Å². The standard InChI is InChI=1S/C14H7BrFN3/c15-10-4-5-13(9(6-10)7-17)19-14-3-1-2-12(16)11(14)8-18/h1-6,19H. The fourth-order valence-electron chi connectivity index (χ4n) is 1.60. The van der Waals surface area contributed by atoms with Gasteiger partial charge in [-0.05, 0) is 30.3 Å². The van der Waals surface area contributed by atoms with E-state index in [4.69, 9.17) is 10.5 Å². The second-order valence-electron chi connectivity index (χ2n) is 3.70. The molecule has 0 spiro atoms. The number of nitrogens with zero attached hydrogens (tertiary/aromatic N) is 2. The van der Waals surface area contributed by atoms with Crippen molar-refractivity contribution in [1.29, 1.82) is 10.5 Å². The van der Waals surface area contributed by atoms with Crippen LogP contribution in [-0.4, -0.2) is 0 Å². The maximum absolute atomic E-state index is 13.5. The summed E-state index contributed by atoms with van der Waals surface area (Å²) in [6, 6.07) is 13.2. The number of halogens is 2. The summed E-state index contributed by atoms with van der Waals surface area (Å²) in [5, 5.41) is 20.9. The molecule has 0 aliphatic heterocycles. The zero-order valence-electron chi connectivity index (χ0n) is 9.61. The van der Waals surface area contributed by atoms with Crippen LogP contribution in [0.1, 0.15) is 11.1 Å². The highest BCUT2D eigenvalue weighted by molar-refractivity contribution is 9.10. The molecule has 0 atom stereocenters. The van der Waals surface area contributed by atoms with E-state index in [2.05, 4.69) is 21.2 Å². The summed E-state index contributed by atoms with van der Waals surface area (Å²) in [5.41, 5.74) is 1.19. The minimum absolute atomic E-state index is 0.0747. The molecule has 3 nitrogen and oxygen atoms in total. The molecule has 2 aromatic rings. The molecule has 0 fully saturated rings. The van der Waals surface area contributed by atoms with Crippen molar-refractivity contribution in [2.45, 2.75) is 0 Å². The fraction of sp³-hybridized carbons (Fsp3) is 0. The Morgan fingerprint density at radius 1 is 1.05 bits per heavy atom. The lowest BCUT2D eigenvalue weighted by Gasteiger charge is -2.10. The van der Waals surface area contributed by atoms with Gasteiger partial charge in [-0.25, -0.2) is 4.39 Å². The van der Waals surface area contributed by atoms with Gasteiger partial charge in [-0.3, -0.25) is 0 Å². The summed E-state index contributed by atoms with van der Waals surface area (Å²) in [4.78, 5) is 0. The van der Waals surface area contributed by atoms with Crippen LogP contribution in [-0.2, 0) is 0 Å². The van der Waals surface area contributed by atoms with Crippen molar-refractivity contribution >= 4 is 27.3 Å². The van der Waals surface area contributed by atoms with Crippen LogP contribution in [0.5, 0.6) is 0 Å². The summed E-state index contributed by atoms with van der Waals surface area (Å²) < 4.78 is 14.2. The van der Waals surface area contributed by atoms with Gasteiger partial charge in [0.1, 0.15) is 23.5 Å². The van der Waals surface area contributed by atoms with Gasteiger partial charge in [-0.2, -0.15) is 10.5 Å². The number of anilines is 2.